The van der Waals surface area contributed by atoms with Gasteiger partial charge in [0.05, 0.1) is 25.9 Å². The molecule has 6 rings (SSSR count). The monoisotopic (exact) mass is 772 g/mol. The number of imidazole rings is 2. The summed E-state index contributed by atoms with van der Waals surface area (Å²) in [7, 11) is -17.3. The number of aromatic nitrogens is 8. The van der Waals surface area contributed by atoms with Crippen LogP contribution in [0, 0.1) is 0 Å². The molecule has 2 aliphatic heterocycles. The highest BCUT2D eigenvalue weighted by molar-refractivity contribution is 7.67. The number of fused-ring (bicyclic) bond motifs is 2. The van der Waals surface area contributed by atoms with E-state index in [2.05, 4.69) is 38.5 Å². The van der Waals surface area contributed by atoms with Crippen LogP contribution in [0.3, 0.4) is 0 Å². The van der Waals surface area contributed by atoms with Gasteiger partial charge >= 0.3 is 23.5 Å². The molecule has 0 amide bonds. The molecule has 0 radical (unpaired) electrons. The van der Waals surface area contributed by atoms with E-state index in [0.29, 0.717) is 0 Å². The summed E-state index contributed by atoms with van der Waals surface area (Å²) in [5.74, 6) is -0.320. The van der Waals surface area contributed by atoms with Gasteiger partial charge in [-0.05, 0) is 0 Å². The van der Waals surface area contributed by atoms with Gasteiger partial charge in [-0.25, -0.2) is 33.6 Å². The molecule has 0 bridgehead atoms. The van der Waals surface area contributed by atoms with Crippen molar-refractivity contribution in [2.75, 3.05) is 24.7 Å². The molecule has 4 aromatic rings. The summed E-state index contributed by atoms with van der Waals surface area (Å²) in [6.07, 6.45) is -10.0. The Balaban J connectivity index is 1.12. The highest BCUT2D eigenvalue weighted by Crippen LogP contribution is 2.69. The highest BCUT2D eigenvalue weighted by Gasteiger charge is 2.50. The van der Waals surface area contributed by atoms with Crippen molar-refractivity contribution < 1.29 is 75.9 Å². The molecule has 12 N–H and O–H groups in total. The van der Waals surface area contributed by atoms with Gasteiger partial charge in [-0.3, -0.25) is 28.0 Å². The zero-order valence-electron chi connectivity index (χ0n) is 24.6. The highest BCUT2D eigenvalue weighted by atomic mass is 31.3. The second kappa shape index (κ2) is 13.3. The SMILES string of the molecule is Nc1nc2c(ncn2[C@@H]2O[C@H](COP(=O)(OP(=O)(O)O)OP(=O)(O)OC[C@H]3O[C@@H](n4cnc5c(N)ncnc54)[C@H](O)[C@@H]3O)[C@@H](O)[C@H]2O)c(=O)[nH]1. The van der Waals surface area contributed by atoms with Gasteiger partial charge < -0.3 is 56.0 Å². The number of phosphoric ester groups is 1. The van der Waals surface area contributed by atoms with Crippen LogP contribution < -0.4 is 17.0 Å². The molecule has 30 heteroatoms. The van der Waals surface area contributed by atoms with Crippen LogP contribution >= 0.6 is 23.5 Å². The summed E-state index contributed by atoms with van der Waals surface area (Å²) in [5.41, 5.74) is 10.4. The molecule has 0 spiro atoms. The number of nitrogens with zero attached hydrogens (tertiary/aromatic N) is 7. The molecule has 6 heterocycles. The van der Waals surface area contributed by atoms with E-state index in [9.17, 15) is 53.6 Å². The Morgan fingerprint density at radius 2 is 1.34 bits per heavy atom. The number of hydrogen-bond acceptors (Lipinski definition) is 21. The fourth-order valence-electron chi connectivity index (χ4n) is 5.05. The number of aromatic amines is 1. The van der Waals surface area contributed by atoms with Gasteiger partial charge in [-0.15, -0.1) is 0 Å². The first-order valence-electron chi connectivity index (χ1n) is 13.7. The van der Waals surface area contributed by atoms with E-state index in [0.717, 1.165) is 17.2 Å². The smallest absolute Gasteiger partial charge is 0.387 e. The number of nitrogen functional groups attached to an aromatic ring is 2. The molecule has 4 aromatic heterocycles. The Morgan fingerprint density at radius 3 is 1.94 bits per heavy atom. The average Bonchev–Trinajstić information content (AvgIpc) is 3.76. The van der Waals surface area contributed by atoms with Crippen LogP contribution in [0.5, 0.6) is 0 Å². The molecule has 27 nitrogen and oxygen atoms in total. The lowest BCUT2D eigenvalue weighted by atomic mass is 10.1. The molecule has 2 aliphatic rings. The van der Waals surface area contributed by atoms with Crippen molar-refractivity contribution in [3.8, 4) is 0 Å². The summed E-state index contributed by atoms with van der Waals surface area (Å²) in [4.78, 5) is 62.7. The zero-order valence-corrected chi connectivity index (χ0v) is 27.3. The molecular formula is C20H27N10O17P3. The van der Waals surface area contributed by atoms with E-state index in [-0.39, 0.29) is 34.1 Å². The van der Waals surface area contributed by atoms with Gasteiger partial charge in [0, 0.05) is 0 Å². The summed E-state index contributed by atoms with van der Waals surface area (Å²) < 4.78 is 68.8. The van der Waals surface area contributed by atoms with Crippen LogP contribution in [0.15, 0.2) is 23.8 Å². The lowest BCUT2D eigenvalue weighted by Gasteiger charge is -2.23. The topological polar surface area (TPSA) is 407 Å². The van der Waals surface area contributed by atoms with Gasteiger partial charge in [0.1, 0.15) is 48.5 Å². The Hall–Kier alpha value is -3.33. The predicted molar refractivity (Wildman–Crippen MR) is 158 cm³/mol. The minimum absolute atomic E-state index is 0.00161. The first-order chi connectivity index (χ1) is 23.4. The number of aliphatic hydroxyl groups is 4. The van der Waals surface area contributed by atoms with Crippen LogP contribution in [0.1, 0.15) is 12.5 Å². The first kappa shape index (κ1) is 36.5. The fourth-order valence-corrected chi connectivity index (χ4v) is 8.72. The van der Waals surface area contributed by atoms with E-state index >= 15 is 0 Å². The molecule has 0 saturated carbocycles. The Labute approximate surface area is 275 Å². The summed E-state index contributed by atoms with van der Waals surface area (Å²) >= 11 is 0. The molecular weight excluding hydrogens is 745 g/mol. The van der Waals surface area contributed by atoms with Gasteiger partial charge in [0.15, 0.2) is 35.1 Å². The van der Waals surface area contributed by atoms with Crippen molar-refractivity contribution >= 4 is 57.6 Å². The first-order valence-corrected chi connectivity index (χ1v) is 18.2. The molecule has 2 fully saturated rings. The lowest BCUT2D eigenvalue weighted by molar-refractivity contribution is -0.0530. The molecule has 10 atom stereocenters. The molecule has 50 heavy (non-hydrogen) atoms. The number of hydrogen-bond donors (Lipinski definition) is 10. The Kier molecular flexibility index (Phi) is 9.72. The number of aliphatic hydroxyl groups excluding tert-OH is 4. The minimum atomic E-state index is -5.82. The summed E-state index contributed by atoms with van der Waals surface area (Å²) in [6, 6.07) is 0. The maximum Gasteiger partial charge on any atom is 0.492 e. The van der Waals surface area contributed by atoms with Gasteiger partial charge in [-0.1, -0.05) is 0 Å². The van der Waals surface area contributed by atoms with Crippen molar-refractivity contribution in [3.05, 3.63) is 29.3 Å². The van der Waals surface area contributed by atoms with Gasteiger partial charge in [0.25, 0.3) is 5.56 Å². The third kappa shape index (κ3) is 7.21. The number of rotatable bonds is 12. The summed E-state index contributed by atoms with van der Waals surface area (Å²) in [6.45, 7) is -2.22. The quantitative estimate of drug-likeness (QED) is 0.0631. The minimum Gasteiger partial charge on any atom is -0.387 e. The van der Waals surface area contributed by atoms with E-state index in [4.69, 9.17) is 30.0 Å². The molecule has 2 unspecified atom stereocenters. The normalized spacial score (nSPS) is 29.8. The van der Waals surface area contributed by atoms with E-state index in [1.54, 1.807) is 0 Å². The number of nitrogens with two attached hydrogens (primary N) is 2. The van der Waals surface area contributed by atoms with E-state index < -0.39 is 91.3 Å². The second-order valence-electron chi connectivity index (χ2n) is 10.6. The molecule has 274 valence electrons. The average molecular weight is 772 g/mol. The Morgan fingerprint density at radius 1 is 0.780 bits per heavy atom. The predicted octanol–water partition coefficient (Wildman–Crippen LogP) is -3.27. The van der Waals surface area contributed by atoms with Crippen LogP contribution in [0.4, 0.5) is 11.8 Å². The van der Waals surface area contributed by atoms with Crippen molar-refractivity contribution in [2.45, 2.75) is 49.1 Å². The third-order valence-corrected chi connectivity index (χ3v) is 11.5. The maximum atomic E-state index is 13.2. The van der Waals surface area contributed by atoms with Crippen molar-refractivity contribution in [1.82, 2.24) is 39.0 Å². The number of ether oxygens (including phenoxy) is 2. The van der Waals surface area contributed by atoms with Crippen LogP contribution in [0.25, 0.3) is 22.3 Å². The van der Waals surface area contributed by atoms with Crippen LogP contribution in [-0.2, 0) is 40.8 Å². The molecule has 2 saturated heterocycles. The number of phosphoric acid groups is 3. The van der Waals surface area contributed by atoms with E-state index in [1.807, 2.05) is 0 Å². The van der Waals surface area contributed by atoms with Crippen LogP contribution in [-0.4, -0.2) is 124 Å². The largest absolute Gasteiger partial charge is 0.492 e. The van der Waals surface area contributed by atoms with Crippen LogP contribution in [0.2, 0.25) is 0 Å². The van der Waals surface area contributed by atoms with Crippen molar-refractivity contribution in [1.29, 1.82) is 0 Å². The summed E-state index contributed by atoms with van der Waals surface area (Å²) in [5, 5.41) is 42.2. The Bertz CT molecular complexity index is 2110. The number of H-pyrrole nitrogens is 1. The maximum absolute atomic E-state index is 13.2. The lowest BCUT2D eigenvalue weighted by Crippen LogP contribution is -2.34. The fraction of sp³-hybridized carbons (Fsp3) is 0.500. The molecule has 0 aromatic carbocycles. The van der Waals surface area contributed by atoms with Crippen molar-refractivity contribution in [2.24, 2.45) is 0 Å². The number of nitrogens with one attached hydrogen (secondary N) is 1. The molecule has 0 aliphatic carbocycles. The third-order valence-electron chi connectivity index (χ3n) is 7.27. The van der Waals surface area contributed by atoms with E-state index in [1.165, 1.54) is 10.9 Å². The second-order valence-corrected chi connectivity index (χ2v) is 15.2. The van der Waals surface area contributed by atoms with Gasteiger partial charge in [-0.2, -0.15) is 13.6 Å². The van der Waals surface area contributed by atoms with Crippen molar-refractivity contribution in [3.63, 3.8) is 0 Å². The standard InChI is InChI=1S/C20H27N10O17P3/c21-14-8-15(24-3-23-14)29(4-25-8)18-12(33)10(31)6(44-18)1-42-49(39,40)47-50(41,46-48(36,37)38)43-2-7-11(32)13(34)19(45-7)30-5-26-9-16(30)27-20(22)28-17(9)35/h3-7,10-13,18-19,31-34H,1-2H2,(H,39,40)(H2,21,23,24)(H2,36,37,38)(H3,22,27,28,35)/t6-,7-,10-,11-,12-,13-,18-,19-,50?/m1/s1. The zero-order chi connectivity index (χ0) is 36.3. The van der Waals surface area contributed by atoms with Gasteiger partial charge in [0.2, 0.25) is 5.95 Å². The number of anilines is 2.